The van der Waals surface area contributed by atoms with Crippen molar-refractivity contribution in [2.75, 3.05) is 0 Å². The maximum Gasteiger partial charge on any atom is 0.335 e. The van der Waals surface area contributed by atoms with Gasteiger partial charge in [-0.1, -0.05) is 6.07 Å². The monoisotopic (exact) mass is 324 g/mol. The second-order valence-corrected chi connectivity index (χ2v) is 5.64. The van der Waals surface area contributed by atoms with E-state index < -0.39 is 5.97 Å². The van der Waals surface area contributed by atoms with Gasteiger partial charge in [0.2, 0.25) is 0 Å². The van der Waals surface area contributed by atoms with Crippen LogP contribution in [0.1, 0.15) is 21.7 Å². The van der Waals surface area contributed by atoms with Gasteiger partial charge < -0.3 is 10.2 Å². The van der Waals surface area contributed by atoms with E-state index in [0.29, 0.717) is 33.4 Å². The topological polar surface area (TPSA) is 92.4 Å². The molecular weight excluding hydrogens is 308 g/mol. The Morgan fingerprint density at radius 2 is 1.92 bits per heavy atom. The highest BCUT2D eigenvalue weighted by molar-refractivity contribution is 5.91. The minimum atomic E-state index is -1.07. The highest BCUT2D eigenvalue weighted by Gasteiger charge is 2.11. The molecule has 0 spiro atoms. The minimum absolute atomic E-state index is 0.0894. The van der Waals surface area contributed by atoms with E-state index in [1.54, 1.807) is 38.2 Å². The first-order valence-electron chi connectivity index (χ1n) is 7.36. The number of aromatic nitrogens is 2. The summed E-state index contributed by atoms with van der Waals surface area (Å²) in [7, 11) is 1.66. The molecule has 1 aromatic heterocycles. The number of aliphatic hydroxyl groups is 1. The number of carboxylic acids is 1. The van der Waals surface area contributed by atoms with E-state index in [2.05, 4.69) is 4.98 Å². The number of aliphatic hydroxyl groups excluding tert-OH is 1. The second kappa shape index (κ2) is 5.90. The lowest BCUT2D eigenvalue weighted by molar-refractivity contribution is 0.0696. The van der Waals surface area contributed by atoms with Crippen molar-refractivity contribution in [2.24, 2.45) is 7.05 Å². The highest BCUT2D eigenvalue weighted by Crippen LogP contribution is 2.25. The first-order valence-corrected chi connectivity index (χ1v) is 7.36. The Balaban J connectivity index is 2.25. The third kappa shape index (κ3) is 2.68. The van der Waals surface area contributed by atoms with Crippen molar-refractivity contribution in [1.82, 2.24) is 9.55 Å². The average molecular weight is 324 g/mol. The van der Waals surface area contributed by atoms with Gasteiger partial charge >= 0.3 is 5.97 Å². The van der Waals surface area contributed by atoms with Crippen molar-refractivity contribution in [2.45, 2.75) is 13.5 Å². The van der Waals surface area contributed by atoms with Gasteiger partial charge in [0.1, 0.15) is 5.82 Å². The summed E-state index contributed by atoms with van der Waals surface area (Å²) in [6.45, 7) is 1.50. The Kier molecular flexibility index (Phi) is 3.91. The van der Waals surface area contributed by atoms with Crippen LogP contribution in [0.4, 0.5) is 0 Å². The maximum atomic E-state index is 12.4. The van der Waals surface area contributed by atoms with E-state index in [1.165, 1.54) is 16.7 Å². The highest BCUT2D eigenvalue weighted by atomic mass is 16.4. The molecule has 0 aliphatic carbocycles. The van der Waals surface area contributed by atoms with E-state index in [1.807, 2.05) is 0 Å². The summed E-state index contributed by atoms with van der Waals surface area (Å²) in [6, 6.07) is 9.89. The summed E-state index contributed by atoms with van der Waals surface area (Å²) in [4.78, 5) is 28.1. The Morgan fingerprint density at radius 1 is 1.17 bits per heavy atom. The van der Waals surface area contributed by atoms with E-state index >= 15 is 0 Å². The third-order valence-corrected chi connectivity index (χ3v) is 4.05. The summed E-state index contributed by atoms with van der Waals surface area (Å²) in [6.07, 6.45) is 0. The molecule has 0 amide bonds. The standard InChI is InChI=1S/C18H16N2O4/c1-10-19-16-4-3-12(8-15(16)17(22)20(10)2)13-5-11(9-21)6-14(7-13)18(23)24/h3-8,21H,9H2,1-2H3,(H,23,24). The van der Waals surface area contributed by atoms with Crippen molar-refractivity contribution in [3.8, 4) is 11.1 Å². The number of aryl methyl sites for hydroxylation is 1. The van der Waals surface area contributed by atoms with Crippen LogP contribution < -0.4 is 5.56 Å². The van der Waals surface area contributed by atoms with Gasteiger partial charge in [-0.25, -0.2) is 9.78 Å². The Morgan fingerprint density at radius 3 is 2.58 bits per heavy atom. The Bertz CT molecular complexity index is 1020. The molecule has 0 aliphatic heterocycles. The predicted molar refractivity (Wildman–Crippen MR) is 90.0 cm³/mol. The largest absolute Gasteiger partial charge is 0.478 e. The van der Waals surface area contributed by atoms with E-state index in [0.717, 1.165) is 0 Å². The number of aromatic carboxylic acids is 1. The molecular formula is C18H16N2O4. The van der Waals surface area contributed by atoms with Gasteiger partial charge in [0.25, 0.3) is 5.56 Å². The molecule has 0 atom stereocenters. The van der Waals surface area contributed by atoms with Crippen LogP contribution in [0, 0.1) is 6.92 Å². The van der Waals surface area contributed by atoms with Crippen LogP contribution >= 0.6 is 0 Å². The molecule has 6 nitrogen and oxygen atoms in total. The summed E-state index contributed by atoms with van der Waals surface area (Å²) >= 11 is 0. The predicted octanol–water partition coefficient (Wildman–Crippen LogP) is 2.10. The zero-order chi connectivity index (χ0) is 17.4. The normalized spacial score (nSPS) is 11.0. The number of fused-ring (bicyclic) bond motifs is 1. The quantitative estimate of drug-likeness (QED) is 0.769. The molecule has 2 aromatic carbocycles. The number of rotatable bonds is 3. The van der Waals surface area contributed by atoms with Crippen LogP contribution in [0.5, 0.6) is 0 Å². The number of hydrogen-bond acceptors (Lipinski definition) is 4. The first-order chi connectivity index (χ1) is 11.4. The van der Waals surface area contributed by atoms with Crippen LogP contribution in [0.15, 0.2) is 41.2 Å². The summed E-state index contributed by atoms with van der Waals surface area (Å²) in [5.41, 5.74) is 2.35. The molecule has 24 heavy (non-hydrogen) atoms. The molecule has 3 rings (SSSR count). The second-order valence-electron chi connectivity index (χ2n) is 5.64. The fourth-order valence-corrected chi connectivity index (χ4v) is 2.63. The van der Waals surface area contributed by atoms with Crippen molar-refractivity contribution in [3.05, 3.63) is 63.7 Å². The van der Waals surface area contributed by atoms with Crippen LogP contribution in [-0.2, 0) is 13.7 Å². The molecule has 122 valence electrons. The fraction of sp³-hybridized carbons (Fsp3) is 0.167. The molecule has 0 saturated heterocycles. The van der Waals surface area contributed by atoms with Gasteiger partial charge in [-0.3, -0.25) is 9.36 Å². The Hall–Kier alpha value is -2.99. The van der Waals surface area contributed by atoms with Crippen molar-refractivity contribution < 1.29 is 15.0 Å². The van der Waals surface area contributed by atoms with E-state index in [9.17, 15) is 19.8 Å². The third-order valence-electron chi connectivity index (χ3n) is 4.05. The number of nitrogens with zero attached hydrogens (tertiary/aromatic N) is 2. The Labute approximate surface area is 137 Å². The fourth-order valence-electron chi connectivity index (χ4n) is 2.63. The van der Waals surface area contributed by atoms with Crippen molar-refractivity contribution in [1.29, 1.82) is 0 Å². The van der Waals surface area contributed by atoms with Crippen LogP contribution in [0.2, 0.25) is 0 Å². The summed E-state index contributed by atoms with van der Waals surface area (Å²) in [5.74, 6) is -0.448. The lowest BCUT2D eigenvalue weighted by Crippen LogP contribution is -2.20. The zero-order valence-electron chi connectivity index (χ0n) is 13.3. The van der Waals surface area contributed by atoms with Crippen molar-refractivity contribution in [3.63, 3.8) is 0 Å². The molecule has 3 aromatic rings. The molecule has 6 heteroatoms. The van der Waals surface area contributed by atoms with Crippen LogP contribution in [0.25, 0.3) is 22.0 Å². The van der Waals surface area contributed by atoms with Gasteiger partial charge in [-0.05, 0) is 53.9 Å². The molecule has 2 N–H and O–H groups in total. The number of carbonyl (C=O) groups is 1. The zero-order valence-corrected chi connectivity index (χ0v) is 13.3. The first kappa shape index (κ1) is 15.9. The lowest BCUT2D eigenvalue weighted by atomic mass is 9.99. The maximum absolute atomic E-state index is 12.4. The van der Waals surface area contributed by atoms with Gasteiger partial charge in [0, 0.05) is 7.05 Å². The van der Waals surface area contributed by atoms with Gasteiger partial charge in [0.05, 0.1) is 23.1 Å². The summed E-state index contributed by atoms with van der Waals surface area (Å²) in [5, 5.41) is 19.0. The number of benzene rings is 2. The van der Waals surface area contributed by atoms with E-state index in [-0.39, 0.29) is 17.7 Å². The molecule has 0 bridgehead atoms. The molecule has 0 fully saturated rings. The lowest BCUT2D eigenvalue weighted by Gasteiger charge is -2.09. The number of hydrogen-bond donors (Lipinski definition) is 2. The van der Waals surface area contributed by atoms with Crippen LogP contribution in [-0.4, -0.2) is 25.7 Å². The van der Waals surface area contributed by atoms with Crippen LogP contribution in [0.3, 0.4) is 0 Å². The summed E-state index contributed by atoms with van der Waals surface area (Å²) < 4.78 is 1.47. The van der Waals surface area contributed by atoms with Gasteiger partial charge in [-0.15, -0.1) is 0 Å². The van der Waals surface area contributed by atoms with Gasteiger partial charge in [0.15, 0.2) is 0 Å². The van der Waals surface area contributed by atoms with Gasteiger partial charge in [-0.2, -0.15) is 0 Å². The average Bonchev–Trinajstić information content (AvgIpc) is 2.59. The smallest absolute Gasteiger partial charge is 0.335 e. The number of carboxylic acid groups (broad SMARTS) is 1. The van der Waals surface area contributed by atoms with E-state index in [4.69, 9.17) is 0 Å². The molecule has 0 saturated carbocycles. The molecule has 0 aliphatic rings. The minimum Gasteiger partial charge on any atom is -0.478 e. The molecule has 0 radical (unpaired) electrons. The molecule has 1 heterocycles. The van der Waals surface area contributed by atoms with Crippen molar-refractivity contribution >= 4 is 16.9 Å². The SMILES string of the molecule is Cc1nc2ccc(-c3cc(CO)cc(C(=O)O)c3)cc2c(=O)n1C. The molecule has 0 unspecified atom stereocenters.